The molecule has 9 heteroatoms. The number of hydrogen-bond donors (Lipinski definition) is 2. The molecule has 36 heavy (non-hydrogen) atoms. The average molecular weight is 524 g/mol. The molecule has 7 nitrogen and oxygen atoms in total. The third-order valence-electron chi connectivity index (χ3n) is 5.84. The SMILES string of the molecule is COC(=O)CC(NC1=C(c2ccccc2)C(=O)CC1)c1ccc(NC(=O)c2c(Cl)cncc2Cl)cc1. The van der Waals surface area contributed by atoms with Gasteiger partial charge < -0.3 is 15.4 Å². The third-order valence-corrected chi connectivity index (χ3v) is 6.42. The maximum atomic E-state index is 12.7. The molecule has 0 bridgehead atoms. The number of anilines is 1. The maximum absolute atomic E-state index is 12.7. The van der Waals surface area contributed by atoms with Crippen molar-refractivity contribution in [3.05, 3.63) is 99.4 Å². The molecular formula is C27H23Cl2N3O4. The zero-order valence-electron chi connectivity index (χ0n) is 19.4. The van der Waals surface area contributed by atoms with E-state index < -0.39 is 17.9 Å². The Bertz CT molecular complexity index is 1300. The van der Waals surface area contributed by atoms with E-state index in [-0.39, 0.29) is 27.8 Å². The molecule has 0 spiro atoms. The van der Waals surface area contributed by atoms with Gasteiger partial charge in [0.05, 0.1) is 35.2 Å². The summed E-state index contributed by atoms with van der Waals surface area (Å²) in [6.45, 7) is 0. The van der Waals surface area contributed by atoms with Gasteiger partial charge in [-0.25, -0.2) is 0 Å². The lowest BCUT2D eigenvalue weighted by Gasteiger charge is -2.21. The smallest absolute Gasteiger partial charge is 0.307 e. The van der Waals surface area contributed by atoms with E-state index in [4.69, 9.17) is 27.9 Å². The van der Waals surface area contributed by atoms with Crippen LogP contribution in [0.4, 0.5) is 5.69 Å². The molecule has 1 amide bonds. The van der Waals surface area contributed by atoms with Crippen LogP contribution >= 0.6 is 23.2 Å². The Morgan fingerprint density at radius 2 is 1.67 bits per heavy atom. The minimum absolute atomic E-state index is 0.0597. The quantitative estimate of drug-likeness (QED) is 0.372. The molecule has 4 rings (SSSR count). The van der Waals surface area contributed by atoms with Gasteiger partial charge in [-0.3, -0.25) is 19.4 Å². The van der Waals surface area contributed by atoms with Crippen molar-refractivity contribution >= 4 is 52.1 Å². The molecule has 1 aliphatic rings. The lowest BCUT2D eigenvalue weighted by atomic mass is 10.0. The number of nitrogens with zero attached hydrogens (tertiary/aromatic N) is 1. The number of ether oxygens (including phenoxy) is 1. The van der Waals surface area contributed by atoms with Gasteiger partial charge in [-0.1, -0.05) is 65.7 Å². The summed E-state index contributed by atoms with van der Waals surface area (Å²) in [5.41, 5.74) is 3.71. The van der Waals surface area contributed by atoms with Crippen LogP contribution in [0.5, 0.6) is 0 Å². The number of halogens is 2. The highest BCUT2D eigenvalue weighted by atomic mass is 35.5. The highest BCUT2D eigenvalue weighted by Gasteiger charge is 2.27. The van der Waals surface area contributed by atoms with Gasteiger partial charge in [0.25, 0.3) is 5.91 Å². The summed E-state index contributed by atoms with van der Waals surface area (Å²) < 4.78 is 4.90. The molecule has 2 N–H and O–H groups in total. The van der Waals surface area contributed by atoms with Gasteiger partial charge in [-0.05, 0) is 29.7 Å². The van der Waals surface area contributed by atoms with Crippen molar-refractivity contribution in [2.24, 2.45) is 0 Å². The molecule has 0 saturated heterocycles. The molecular weight excluding hydrogens is 501 g/mol. The van der Waals surface area contributed by atoms with Gasteiger partial charge in [-0.15, -0.1) is 0 Å². The molecule has 1 aliphatic carbocycles. The summed E-state index contributed by atoms with van der Waals surface area (Å²) in [5, 5.41) is 6.46. The fraction of sp³-hybridized carbons (Fsp3) is 0.185. The Kier molecular flexibility index (Phi) is 8.03. The summed E-state index contributed by atoms with van der Waals surface area (Å²) in [6.07, 6.45) is 3.72. The number of Topliss-reactive ketones (excluding diaryl/α,β-unsaturated/α-hetero) is 1. The molecule has 0 aliphatic heterocycles. The highest BCUT2D eigenvalue weighted by molar-refractivity contribution is 6.40. The molecule has 3 aromatic rings. The van der Waals surface area contributed by atoms with Crippen LogP contribution in [0, 0.1) is 0 Å². The van der Waals surface area contributed by atoms with E-state index in [1.165, 1.54) is 19.5 Å². The van der Waals surface area contributed by atoms with Crippen LogP contribution in [-0.2, 0) is 14.3 Å². The Morgan fingerprint density at radius 1 is 1.00 bits per heavy atom. The summed E-state index contributed by atoms with van der Waals surface area (Å²) in [7, 11) is 1.33. The fourth-order valence-corrected chi connectivity index (χ4v) is 4.61. The average Bonchev–Trinajstić information content (AvgIpc) is 3.24. The van der Waals surface area contributed by atoms with Gasteiger partial charge in [0, 0.05) is 35.8 Å². The lowest BCUT2D eigenvalue weighted by molar-refractivity contribution is -0.141. The standard InChI is InChI=1S/C27H23Cl2N3O4/c1-36-24(34)13-22(32-21-11-12-23(33)25(21)17-5-3-2-4-6-17)16-7-9-18(10-8-16)31-27(35)26-19(28)14-30-15-20(26)29/h2-10,14-15,22,32H,11-13H2,1H3,(H,31,35). The number of pyridine rings is 1. The number of amides is 1. The Balaban J connectivity index is 1.58. The Hall–Kier alpha value is -3.68. The summed E-state index contributed by atoms with van der Waals surface area (Å²) in [6, 6.07) is 16.1. The minimum Gasteiger partial charge on any atom is -0.469 e. The zero-order chi connectivity index (χ0) is 25.7. The molecule has 184 valence electrons. The number of rotatable bonds is 8. The largest absolute Gasteiger partial charge is 0.469 e. The van der Waals surface area contributed by atoms with Crippen molar-refractivity contribution in [3.63, 3.8) is 0 Å². The first kappa shape index (κ1) is 25.4. The zero-order valence-corrected chi connectivity index (χ0v) is 20.9. The molecule has 0 saturated carbocycles. The summed E-state index contributed by atoms with van der Waals surface area (Å²) >= 11 is 12.2. The molecule has 1 unspecified atom stereocenters. The molecule has 0 fully saturated rings. The van der Waals surface area contributed by atoms with Crippen molar-refractivity contribution in [2.75, 3.05) is 12.4 Å². The van der Waals surface area contributed by atoms with Crippen LogP contribution in [0.2, 0.25) is 10.0 Å². The first-order chi connectivity index (χ1) is 17.4. The molecule has 2 aromatic carbocycles. The van der Waals surface area contributed by atoms with E-state index in [1.807, 2.05) is 30.3 Å². The van der Waals surface area contributed by atoms with Gasteiger partial charge in [-0.2, -0.15) is 0 Å². The van der Waals surface area contributed by atoms with Gasteiger partial charge >= 0.3 is 5.97 Å². The number of benzene rings is 2. The number of aromatic nitrogens is 1. The molecule has 1 heterocycles. The molecule has 1 aromatic heterocycles. The predicted octanol–water partition coefficient (Wildman–Crippen LogP) is 5.61. The van der Waals surface area contributed by atoms with Crippen molar-refractivity contribution in [2.45, 2.75) is 25.3 Å². The van der Waals surface area contributed by atoms with Crippen LogP contribution in [-0.4, -0.2) is 29.8 Å². The predicted molar refractivity (Wildman–Crippen MR) is 139 cm³/mol. The Labute approximate surface area is 218 Å². The normalized spacial score (nSPS) is 13.9. The highest BCUT2D eigenvalue weighted by Crippen LogP contribution is 2.32. The first-order valence-corrected chi connectivity index (χ1v) is 12.0. The summed E-state index contributed by atoms with van der Waals surface area (Å²) in [4.78, 5) is 41.4. The number of hydrogen-bond acceptors (Lipinski definition) is 6. The summed E-state index contributed by atoms with van der Waals surface area (Å²) in [5.74, 6) is -0.795. The Morgan fingerprint density at radius 3 is 2.31 bits per heavy atom. The second kappa shape index (κ2) is 11.4. The van der Waals surface area contributed by atoms with E-state index in [2.05, 4.69) is 15.6 Å². The monoisotopic (exact) mass is 523 g/mol. The van der Waals surface area contributed by atoms with Crippen LogP contribution in [0.1, 0.15) is 46.8 Å². The number of methoxy groups -OCH3 is 1. The fourth-order valence-electron chi connectivity index (χ4n) is 4.07. The number of esters is 1. The van der Waals surface area contributed by atoms with E-state index in [1.54, 1.807) is 24.3 Å². The second-order valence-electron chi connectivity index (χ2n) is 8.17. The topological polar surface area (TPSA) is 97.4 Å². The minimum atomic E-state index is -0.466. The van der Waals surface area contributed by atoms with Crippen LogP contribution < -0.4 is 10.6 Å². The van der Waals surface area contributed by atoms with E-state index in [0.29, 0.717) is 24.1 Å². The lowest BCUT2D eigenvalue weighted by Crippen LogP contribution is -2.24. The number of allylic oxidation sites excluding steroid dienone is 2. The van der Waals surface area contributed by atoms with E-state index in [9.17, 15) is 14.4 Å². The van der Waals surface area contributed by atoms with Gasteiger partial charge in [0.2, 0.25) is 0 Å². The van der Waals surface area contributed by atoms with Crippen molar-refractivity contribution in [1.82, 2.24) is 10.3 Å². The van der Waals surface area contributed by atoms with Gasteiger partial charge in [0.1, 0.15) is 0 Å². The van der Waals surface area contributed by atoms with E-state index >= 15 is 0 Å². The van der Waals surface area contributed by atoms with Crippen molar-refractivity contribution < 1.29 is 19.1 Å². The van der Waals surface area contributed by atoms with Crippen LogP contribution in [0.25, 0.3) is 5.57 Å². The second-order valence-corrected chi connectivity index (χ2v) is 8.99. The number of ketones is 1. The van der Waals surface area contributed by atoms with Crippen molar-refractivity contribution in [1.29, 1.82) is 0 Å². The van der Waals surface area contributed by atoms with Crippen LogP contribution in [0.3, 0.4) is 0 Å². The molecule has 0 radical (unpaired) electrons. The van der Waals surface area contributed by atoms with Crippen LogP contribution in [0.15, 0.2) is 72.7 Å². The number of nitrogens with one attached hydrogen (secondary N) is 2. The number of carbonyl (C=O) groups is 3. The molecule has 1 atom stereocenters. The third kappa shape index (κ3) is 5.75. The number of carbonyl (C=O) groups excluding carboxylic acids is 3. The maximum Gasteiger partial charge on any atom is 0.307 e. The van der Waals surface area contributed by atoms with E-state index in [0.717, 1.165) is 16.8 Å². The first-order valence-electron chi connectivity index (χ1n) is 11.2. The van der Waals surface area contributed by atoms with Gasteiger partial charge in [0.15, 0.2) is 5.78 Å². The van der Waals surface area contributed by atoms with Crippen molar-refractivity contribution in [3.8, 4) is 0 Å².